The van der Waals surface area contributed by atoms with Crippen molar-refractivity contribution in [2.45, 2.75) is 19.8 Å². The summed E-state index contributed by atoms with van der Waals surface area (Å²) in [5, 5.41) is 0. The molecule has 0 saturated heterocycles. The molecule has 3 aromatic rings. The summed E-state index contributed by atoms with van der Waals surface area (Å²) in [5.74, 6) is 1.19. The molecule has 3 rings (SSSR count). The van der Waals surface area contributed by atoms with Crippen LogP contribution >= 0.6 is 0 Å². The van der Waals surface area contributed by atoms with E-state index < -0.39 is 11.9 Å². The van der Waals surface area contributed by atoms with Crippen molar-refractivity contribution in [3.05, 3.63) is 109 Å². The zero-order valence-electron chi connectivity index (χ0n) is 21.7. The molecule has 39 heavy (non-hydrogen) atoms. The predicted octanol–water partition coefficient (Wildman–Crippen LogP) is 5.43. The van der Waals surface area contributed by atoms with E-state index in [0.717, 1.165) is 17.2 Å². The van der Waals surface area contributed by atoms with Crippen molar-refractivity contribution in [2.24, 2.45) is 0 Å². The molecule has 0 atom stereocenters. The van der Waals surface area contributed by atoms with E-state index in [0.29, 0.717) is 41.6 Å². The third kappa shape index (κ3) is 9.51. The summed E-state index contributed by atoms with van der Waals surface area (Å²) in [7, 11) is 0. The quantitative estimate of drug-likeness (QED) is 0.0844. The summed E-state index contributed by atoms with van der Waals surface area (Å²) in [6.07, 6.45) is 3.20. The monoisotopic (exact) mass is 530 g/mol. The van der Waals surface area contributed by atoms with Crippen LogP contribution in [0.25, 0.3) is 0 Å². The molecular formula is C31H30O8. The van der Waals surface area contributed by atoms with Gasteiger partial charge in [0.25, 0.3) is 0 Å². The van der Waals surface area contributed by atoms with Crippen molar-refractivity contribution in [3.63, 3.8) is 0 Å². The Morgan fingerprint density at radius 2 is 1.44 bits per heavy atom. The van der Waals surface area contributed by atoms with Crippen molar-refractivity contribution < 1.29 is 38.1 Å². The summed E-state index contributed by atoms with van der Waals surface area (Å²) in [5.41, 5.74) is 1.94. The first-order valence-corrected chi connectivity index (χ1v) is 12.2. The van der Waals surface area contributed by atoms with E-state index in [1.54, 1.807) is 66.7 Å². The summed E-state index contributed by atoms with van der Waals surface area (Å²) in [6, 6.07) is 18.8. The van der Waals surface area contributed by atoms with Crippen molar-refractivity contribution in [2.75, 3.05) is 20.0 Å². The molecule has 0 fully saturated rings. The summed E-state index contributed by atoms with van der Waals surface area (Å²) >= 11 is 0. The number of ketones is 1. The van der Waals surface area contributed by atoms with E-state index in [4.69, 9.17) is 23.7 Å². The van der Waals surface area contributed by atoms with E-state index in [1.807, 2.05) is 6.92 Å². The highest BCUT2D eigenvalue weighted by Gasteiger charge is 2.11. The van der Waals surface area contributed by atoms with Crippen molar-refractivity contribution in [1.29, 1.82) is 0 Å². The molecule has 0 unspecified atom stereocenters. The van der Waals surface area contributed by atoms with Gasteiger partial charge < -0.3 is 23.7 Å². The van der Waals surface area contributed by atoms with Gasteiger partial charge in [-0.2, -0.15) is 0 Å². The molecule has 0 saturated carbocycles. The topological polar surface area (TPSA) is 97.4 Å². The zero-order chi connectivity index (χ0) is 28.0. The maximum absolute atomic E-state index is 12.5. The average molecular weight is 531 g/mol. The highest BCUT2D eigenvalue weighted by molar-refractivity contribution is 5.92. The minimum Gasteiger partial charge on any atom is -0.493 e. The van der Waals surface area contributed by atoms with E-state index in [-0.39, 0.29) is 25.6 Å². The normalized spacial score (nSPS) is 10.2. The summed E-state index contributed by atoms with van der Waals surface area (Å²) < 4.78 is 27.3. The Balaban J connectivity index is 1.42. The van der Waals surface area contributed by atoms with E-state index in [9.17, 15) is 14.4 Å². The lowest BCUT2D eigenvalue weighted by molar-refractivity contribution is -0.137. The molecule has 0 amide bonds. The molecular weight excluding hydrogens is 500 g/mol. The second-order valence-corrected chi connectivity index (χ2v) is 8.31. The van der Waals surface area contributed by atoms with E-state index in [2.05, 4.69) is 13.2 Å². The van der Waals surface area contributed by atoms with Crippen molar-refractivity contribution in [1.82, 2.24) is 0 Å². The standard InChI is InChI=1S/C31H30O8/c1-4-25(32)20-23-7-9-24(10-8-23)31(34)39-28-15-16-29(22(3)19-28)38-21-37-27-13-11-26(12-14-27)35-17-6-18-36-30(33)5-2/h4-5,7-16,19H,1-2,6,17-18,20-21H2,3H3. The lowest BCUT2D eigenvalue weighted by atomic mass is 10.1. The molecule has 0 spiro atoms. The van der Waals surface area contributed by atoms with Gasteiger partial charge in [0.15, 0.2) is 5.78 Å². The van der Waals surface area contributed by atoms with Crippen LogP contribution in [0.3, 0.4) is 0 Å². The number of esters is 2. The molecule has 202 valence electrons. The maximum Gasteiger partial charge on any atom is 0.343 e. The average Bonchev–Trinajstić information content (AvgIpc) is 2.95. The first-order valence-electron chi connectivity index (χ1n) is 12.2. The molecule has 0 aliphatic heterocycles. The van der Waals surface area contributed by atoms with Crippen LogP contribution in [0.15, 0.2) is 92.0 Å². The van der Waals surface area contributed by atoms with Crippen LogP contribution in [0.4, 0.5) is 0 Å². The molecule has 0 aromatic heterocycles. The smallest absolute Gasteiger partial charge is 0.343 e. The van der Waals surface area contributed by atoms with Crippen molar-refractivity contribution >= 4 is 17.7 Å². The van der Waals surface area contributed by atoms with Gasteiger partial charge in [0, 0.05) is 18.9 Å². The highest BCUT2D eigenvalue weighted by atomic mass is 16.7. The Morgan fingerprint density at radius 3 is 2.08 bits per heavy atom. The lowest BCUT2D eigenvalue weighted by Gasteiger charge is -2.12. The second kappa shape index (κ2) is 14.8. The molecule has 8 heteroatoms. The van der Waals surface area contributed by atoms with Gasteiger partial charge in [-0.1, -0.05) is 25.3 Å². The van der Waals surface area contributed by atoms with Gasteiger partial charge in [0.1, 0.15) is 23.0 Å². The van der Waals surface area contributed by atoms with Gasteiger partial charge in [-0.15, -0.1) is 0 Å². The molecule has 0 N–H and O–H groups in total. The molecule has 0 aliphatic carbocycles. The maximum atomic E-state index is 12.5. The van der Waals surface area contributed by atoms with Gasteiger partial charge in [0.05, 0.1) is 18.8 Å². The van der Waals surface area contributed by atoms with Gasteiger partial charge in [0.2, 0.25) is 6.79 Å². The van der Waals surface area contributed by atoms with E-state index >= 15 is 0 Å². The molecule has 0 heterocycles. The number of carbonyl (C=O) groups is 3. The first-order chi connectivity index (χ1) is 18.9. The molecule has 3 aromatic carbocycles. The van der Waals surface area contributed by atoms with Crippen LogP contribution in [0.1, 0.15) is 27.9 Å². The third-order valence-electron chi connectivity index (χ3n) is 5.38. The minimum absolute atomic E-state index is 0.0183. The third-order valence-corrected chi connectivity index (χ3v) is 5.38. The van der Waals surface area contributed by atoms with Crippen LogP contribution in [0.5, 0.6) is 23.0 Å². The Morgan fingerprint density at radius 1 is 0.769 bits per heavy atom. The van der Waals surface area contributed by atoms with Crippen LogP contribution in [-0.4, -0.2) is 37.7 Å². The predicted molar refractivity (Wildman–Crippen MR) is 145 cm³/mol. The highest BCUT2D eigenvalue weighted by Crippen LogP contribution is 2.25. The van der Waals surface area contributed by atoms with Gasteiger partial charge in [-0.25, -0.2) is 9.59 Å². The molecule has 0 aliphatic rings. The van der Waals surface area contributed by atoms with Crippen LogP contribution in [-0.2, 0) is 20.7 Å². The number of ether oxygens (including phenoxy) is 5. The van der Waals surface area contributed by atoms with Crippen molar-refractivity contribution in [3.8, 4) is 23.0 Å². The molecule has 0 bridgehead atoms. The Kier molecular flexibility index (Phi) is 10.9. The van der Waals surface area contributed by atoms with Gasteiger partial charge in [-0.3, -0.25) is 4.79 Å². The molecule has 0 radical (unpaired) electrons. The van der Waals surface area contributed by atoms with Crippen LogP contribution in [0, 0.1) is 6.92 Å². The largest absolute Gasteiger partial charge is 0.493 e. The van der Waals surface area contributed by atoms with Crippen LogP contribution < -0.4 is 18.9 Å². The minimum atomic E-state index is -0.503. The SMILES string of the molecule is C=CC(=O)Cc1ccc(C(=O)Oc2ccc(OCOc3ccc(OCCCOC(=O)C=C)cc3)c(C)c2)cc1. The fourth-order valence-corrected chi connectivity index (χ4v) is 3.32. The van der Waals surface area contributed by atoms with Gasteiger partial charge in [-0.05, 0) is 78.7 Å². The number of hydrogen-bond acceptors (Lipinski definition) is 8. The number of carbonyl (C=O) groups excluding carboxylic acids is 3. The Labute approximate surface area is 227 Å². The number of allylic oxidation sites excluding steroid dienone is 1. The zero-order valence-corrected chi connectivity index (χ0v) is 21.7. The first kappa shape index (κ1) is 28.7. The Hall–Kier alpha value is -4.85. The number of aryl methyl sites for hydroxylation is 1. The molecule has 8 nitrogen and oxygen atoms in total. The van der Waals surface area contributed by atoms with E-state index in [1.165, 1.54) is 6.08 Å². The number of benzene rings is 3. The number of rotatable bonds is 15. The fourth-order valence-electron chi connectivity index (χ4n) is 3.32. The summed E-state index contributed by atoms with van der Waals surface area (Å²) in [6.45, 7) is 9.28. The second-order valence-electron chi connectivity index (χ2n) is 8.31. The fraction of sp³-hybridized carbons (Fsp3) is 0.194. The van der Waals surface area contributed by atoms with Gasteiger partial charge >= 0.3 is 11.9 Å². The summed E-state index contributed by atoms with van der Waals surface area (Å²) in [4.78, 5) is 35.0. The number of hydrogen-bond donors (Lipinski definition) is 0. The van der Waals surface area contributed by atoms with Crippen LogP contribution in [0.2, 0.25) is 0 Å². The Bertz CT molecular complexity index is 1290. The lowest BCUT2D eigenvalue weighted by Crippen LogP contribution is -2.10.